The molecule has 0 amide bonds. The molecule has 0 bridgehead atoms. The van der Waals surface area contributed by atoms with E-state index in [-0.39, 0.29) is 28.0 Å². The number of hydrogen-bond acceptors (Lipinski definition) is 5. The van der Waals surface area contributed by atoms with E-state index < -0.39 is 29.2 Å². The second-order valence-corrected chi connectivity index (χ2v) is 8.81. The monoisotopic (exact) mass is 489 g/mol. The van der Waals surface area contributed by atoms with Gasteiger partial charge in [-0.3, -0.25) is 4.79 Å². The molecule has 0 radical (unpaired) electrons. The Morgan fingerprint density at radius 3 is 2.57 bits per heavy atom. The standard InChI is InChI=1S/C27H17ClFNO5/c1-14-6-9-16(10-7-14)33-22-13-19-23-25(18-5-3-2-4-17(18)24(19)34-22)35-27(32)30(26(23)31)15-8-11-21(29)20(28)12-15/h2-13,19,24H,1H3. The molecule has 3 aromatic carbocycles. The molecule has 0 N–H and O–H groups in total. The van der Waals surface area contributed by atoms with E-state index in [9.17, 15) is 14.0 Å². The quantitative estimate of drug-likeness (QED) is 0.372. The van der Waals surface area contributed by atoms with Crippen LogP contribution >= 0.6 is 11.6 Å². The van der Waals surface area contributed by atoms with Gasteiger partial charge in [0, 0.05) is 17.2 Å². The Labute approximate surface area is 203 Å². The Balaban J connectivity index is 1.53. The highest BCUT2D eigenvalue weighted by atomic mass is 35.5. The first-order valence-corrected chi connectivity index (χ1v) is 11.3. The molecule has 1 aromatic heterocycles. The van der Waals surface area contributed by atoms with Crippen molar-refractivity contribution in [2.75, 3.05) is 0 Å². The lowest BCUT2D eigenvalue weighted by Gasteiger charge is -2.27. The number of halogens is 2. The molecular formula is C27H17ClFNO5. The first-order valence-electron chi connectivity index (χ1n) is 10.9. The summed E-state index contributed by atoms with van der Waals surface area (Å²) in [7, 11) is 0. The van der Waals surface area contributed by atoms with E-state index in [0.717, 1.165) is 21.8 Å². The van der Waals surface area contributed by atoms with Crippen LogP contribution in [0.1, 0.15) is 28.7 Å². The average Bonchev–Trinajstić information content (AvgIpc) is 3.26. The van der Waals surface area contributed by atoms with E-state index in [1.54, 1.807) is 18.2 Å². The zero-order valence-corrected chi connectivity index (χ0v) is 19.1. The zero-order valence-electron chi connectivity index (χ0n) is 18.3. The number of fused-ring (bicyclic) bond motifs is 6. The van der Waals surface area contributed by atoms with E-state index in [1.807, 2.05) is 43.3 Å². The molecule has 174 valence electrons. The van der Waals surface area contributed by atoms with Crippen LogP contribution in [0, 0.1) is 12.7 Å². The summed E-state index contributed by atoms with van der Waals surface area (Å²) >= 11 is 5.90. The topological polar surface area (TPSA) is 70.7 Å². The predicted octanol–water partition coefficient (Wildman–Crippen LogP) is 5.65. The molecule has 2 unspecified atom stereocenters. The van der Waals surface area contributed by atoms with Gasteiger partial charge in [-0.25, -0.2) is 13.8 Å². The van der Waals surface area contributed by atoms with Crippen molar-refractivity contribution in [2.24, 2.45) is 0 Å². The van der Waals surface area contributed by atoms with Gasteiger partial charge in [0.05, 0.1) is 22.2 Å². The molecule has 0 fully saturated rings. The average molecular weight is 490 g/mol. The van der Waals surface area contributed by atoms with Gasteiger partial charge in [-0.05, 0) is 37.3 Å². The summed E-state index contributed by atoms with van der Waals surface area (Å²) < 4.78 is 32.3. The Kier molecular flexibility index (Phi) is 4.89. The zero-order chi connectivity index (χ0) is 24.3. The Morgan fingerprint density at radius 1 is 1.03 bits per heavy atom. The number of rotatable bonds is 3. The summed E-state index contributed by atoms with van der Waals surface area (Å²) in [5.41, 5.74) is 2.20. The maximum Gasteiger partial charge on any atom is 0.426 e. The van der Waals surface area contributed by atoms with E-state index in [2.05, 4.69) is 0 Å². The van der Waals surface area contributed by atoms with Crippen molar-refractivity contribution in [3.8, 4) is 22.8 Å². The van der Waals surface area contributed by atoms with Crippen molar-refractivity contribution in [3.63, 3.8) is 0 Å². The lowest BCUT2D eigenvalue weighted by Crippen LogP contribution is -2.36. The number of benzene rings is 3. The van der Waals surface area contributed by atoms with Crippen molar-refractivity contribution >= 4 is 11.6 Å². The third-order valence-corrected chi connectivity index (χ3v) is 6.47. The van der Waals surface area contributed by atoms with Gasteiger partial charge in [0.15, 0.2) is 0 Å². The van der Waals surface area contributed by atoms with Crippen LogP contribution in [0.15, 0.2) is 92.8 Å². The van der Waals surface area contributed by atoms with Crippen LogP contribution in [0.25, 0.3) is 17.0 Å². The summed E-state index contributed by atoms with van der Waals surface area (Å²) in [6.45, 7) is 1.98. The summed E-state index contributed by atoms with van der Waals surface area (Å²) in [4.78, 5) is 26.7. The van der Waals surface area contributed by atoms with Crippen LogP contribution in [-0.2, 0) is 4.74 Å². The van der Waals surface area contributed by atoms with Gasteiger partial charge in [-0.15, -0.1) is 0 Å². The third-order valence-electron chi connectivity index (χ3n) is 6.18. The molecule has 0 saturated heterocycles. The fourth-order valence-electron chi connectivity index (χ4n) is 4.53. The van der Waals surface area contributed by atoms with Crippen molar-refractivity contribution < 1.29 is 18.3 Å². The van der Waals surface area contributed by atoms with Crippen LogP contribution in [0.2, 0.25) is 5.02 Å². The molecule has 1 aliphatic carbocycles. The lowest BCUT2D eigenvalue weighted by atomic mass is 9.81. The van der Waals surface area contributed by atoms with E-state index in [1.165, 1.54) is 12.1 Å². The Morgan fingerprint density at radius 2 is 1.80 bits per heavy atom. The van der Waals surface area contributed by atoms with Gasteiger partial charge in [0.1, 0.15) is 23.4 Å². The maximum absolute atomic E-state index is 13.7. The van der Waals surface area contributed by atoms with Crippen LogP contribution in [0.5, 0.6) is 5.75 Å². The summed E-state index contributed by atoms with van der Waals surface area (Å²) in [6.07, 6.45) is 1.16. The van der Waals surface area contributed by atoms with Crippen molar-refractivity contribution in [3.05, 3.63) is 127 Å². The number of nitrogens with zero attached hydrogens (tertiary/aromatic N) is 1. The lowest BCUT2D eigenvalue weighted by molar-refractivity contribution is 0.0599. The molecule has 0 spiro atoms. The third kappa shape index (κ3) is 3.47. The fourth-order valence-corrected chi connectivity index (χ4v) is 4.70. The largest absolute Gasteiger partial charge is 0.456 e. The van der Waals surface area contributed by atoms with Crippen molar-refractivity contribution in [2.45, 2.75) is 18.9 Å². The number of aryl methyl sites for hydroxylation is 1. The molecule has 6 nitrogen and oxygen atoms in total. The SMILES string of the molecule is Cc1ccc(OC2=CC3c4c(oc(=O)n(-c5ccc(F)c(Cl)c5)c4=O)-c4ccccc4C3O2)cc1. The molecular weight excluding hydrogens is 473 g/mol. The van der Waals surface area contributed by atoms with E-state index >= 15 is 0 Å². The number of hydrogen-bond donors (Lipinski definition) is 0. The number of ether oxygens (including phenoxy) is 2. The smallest absolute Gasteiger partial charge is 0.426 e. The highest BCUT2D eigenvalue weighted by Gasteiger charge is 2.43. The van der Waals surface area contributed by atoms with Crippen molar-refractivity contribution in [1.82, 2.24) is 4.57 Å². The van der Waals surface area contributed by atoms with Crippen LogP contribution in [0.4, 0.5) is 4.39 Å². The second kappa shape index (κ2) is 7.99. The Hall–Kier alpha value is -4.10. The van der Waals surface area contributed by atoms with Gasteiger partial charge in [0.25, 0.3) is 11.5 Å². The van der Waals surface area contributed by atoms with E-state index in [0.29, 0.717) is 11.3 Å². The molecule has 2 atom stereocenters. The van der Waals surface area contributed by atoms with Crippen LogP contribution in [0.3, 0.4) is 0 Å². The highest BCUT2D eigenvalue weighted by Crippen LogP contribution is 2.51. The summed E-state index contributed by atoms with van der Waals surface area (Å²) in [5.74, 6) is -1.12. The van der Waals surface area contributed by atoms with Gasteiger partial charge in [-0.1, -0.05) is 53.6 Å². The van der Waals surface area contributed by atoms with E-state index in [4.69, 9.17) is 25.5 Å². The summed E-state index contributed by atoms with van der Waals surface area (Å²) in [6, 6.07) is 18.4. The molecule has 2 aliphatic rings. The first-order chi connectivity index (χ1) is 16.9. The molecule has 35 heavy (non-hydrogen) atoms. The van der Waals surface area contributed by atoms with Crippen LogP contribution in [-0.4, -0.2) is 4.57 Å². The minimum atomic E-state index is -0.899. The minimum Gasteiger partial charge on any atom is -0.456 e. The molecule has 4 aromatic rings. The van der Waals surface area contributed by atoms with Gasteiger partial charge in [0.2, 0.25) is 0 Å². The molecule has 2 heterocycles. The maximum atomic E-state index is 13.7. The minimum absolute atomic E-state index is 0.104. The molecule has 1 aliphatic heterocycles. The normalized spacial score (nSPS) is 17.6. The predicted molar refractivity (Wildman–Crippen MR) is 127 cm³/mol. The first kappa shape index (κ1) is 21.4. The Bertz CT molecular complexity index is 1640. The molecule has 0 saturated carbocycles. The second-order valence-electron chi connectivity index (χ2n) is 8.40. The van der Waals surface area contributed by atoms with Gasteiger partial charge >= 0.3 is 5.76 Å². The van der Waals surface area contributed by atoms with Crippen molar-refractivity contribution in [1.29, 1.82) is 0 Å². The van der Waals surface area contributed by atoms with Gasteiger partial charge in [-0.2, -0.15) is 0 Å². The fraction of sp³-hybridized carbons (Fsp3) is 0.111. The number of aromatic nitrogens is 1. The van der Waals surface area contributed by atoms with Crippen LogP contribution < -0.4 is 16.1 Å². The summed E-state index contributed by atoms with van der Waals surface area (Å²) in [5, 5.41) is -0.215. The molecule has 6 rings (SSSR count). The van der Waals surface area contributed by atoms with Gasteiger partial charge < -0.3 is 13.9 Å². The molecule has 8 heteroatoms. The highest BCUT2D eigenvalue weighted by molar-refractivity contribution is 6.30.